The van der Waals surface area contributed by atoms with Gasteiger partial charge < -0.3 is 9.47 Å². The molecule has 1 aromatic carbocycles. The van der Waals surface area contributed by atoms with Crippen molar-refractivity contribution in [3.05, 3.63) is 36.7 Å². The van der Waals surface area contributed by atoms with E-state index in [2.05, 4.69) is 10.4 Å². The first-order valence-corrected chi connectivity index (χ1v) is 5.76. The highest BCUT2D eigenvalue weighted by Crippen LogP contribution is 2.23. The van der Waals surface area contributed by atoms with Gasteiger partial charge in [-0.1, -0.05) is 0 Å². The lowest BCUT2D eigenvalue weighted by atomic mass is 10.3. The van der Waals surface area contributed by atoms with Gasteiger partial charge in [0.15, 0.2) is 5.75 Å². The largest absolute Gasteiger partial charge is 0.497 e. The van der Waals surface area contributed by atoms with E-state index >= 15 is 0 Å². The molecule has 0 bridgehead atoms. The number of rotatable bonds is 5. The van der Waals surface area contributed by atoms with Crippen LogP contribution in [0.3, 0.4) is 0 Å². The predicted octanol–water partition coefficient (Wildman–Crippen LogP) is 2.42. The highest BCUT2D eigenvalue weighted by molar-refractivity contribution is 5.34. The average Bonchev–Trinajstić information content (AvgIpc) is 2.87. The Kier molecular flexibility index (Phi) is 3.84. The quantitative estimate of drug-likeness (QED) is 0.881. The van der Waals surface area contributed by atoms with E-state index in [0.717, 1.165) is 11.5 Å². The van der Waals surface area contributed by atoms with E-state index in [4.69, 9.17) is 9.47 Å². The molecule has 5 heteroatoms. The van der Waals surface area contributed by atoms with Gasteiger partial charge >= 0.3 is 0 Å². The fraction of sp³-hybridized carbons (Fsp3) is 0.308. The summed E-state index contributed by atoms with van der Waals surface area (Å²) in [5.74, 6) is 2.27. The van der Waals surface area contributed by atoms with Gasteiger partial charge in [0.25, 0.3) is 0 Å². The van der Waals surface area contributed by atoms with Crippen LogP contribution in [0.25, 0.3) is 0 Å². The van der Waals surface area contributed by atoms with Gasteiger partial charge in [0.05, 0.1) is 25.7 Å². The van der Waals surface area contributed by atoms with E-state index in [1.54, 1.807) is 18.0 Å². The van der Waals surface area contributed by atoms with Crippen LogP contribution in [0.4, 0.5) is 0 Å². The third-order valence-corrected chi connectivity index (χ3v) is 2.69. The molecule has 0 aliphatic carbocycles. The van der Waals surface area contributed by atoms with Gasteiger partial charge in [-0.05, 0) is 38.2 Å². The van der Waals surface area contributed by atoms with Gasteiger partial charge in [-0.3, -0.25) is 10.00 Å². The lowest BCUT2D eigenvalue weighted by Gasteiger charge is -2.09. The molecule has 5 nitrogen and oxygen atoms in total. The standard InChI is InChI=1S/C13H17N3O2/c1-10(14-2)16-9-13(8-15-16)18-12-6-4-11(17-3)5-7-12/h4-10,14H,1-3H3. The van der Waals surface area contributed by atoms with Crippen LogP contribution in [0.1, 0.15) is 13.1 Å². The van der Waals surface area contributed by atoms with Crippen molar-refractivity contribution in [3.63, 3.8) is 0 Å². The van der Waals surface area contributed by atoms with Gasteiger partial charge in [0.1, 0.15) is 11.5 Å². The Morgan fingerprint density at radius 3 is 2.44 bits per heavy atom. The first kappa shape index (κ1) is 12.4. The lowest BCUT2D eigenvalue weighted by molar-refractivity contribution is 0.412. The molecular formula is C13H17N3O2. The number of hydrogen-bond donors (Lipinski definition) is 1. The number of methoxy groups -OCH3 is 1. The second-order valence-electron chi connectivity index (χ2n) is 3.90. The molecule has 0 amide bonds. The van der Waals surface area contributed by atoms with Crippen molar-refractivity contribution in [1.29, 1.82) is 0 Å². The smallest absolute Gasteiger partial charge is 0.165 e. The van der Waals surface area contributed by atoms with Crippen molar-refractivity contribution >= 4 is 0 Å². The Labute approximate surface area is 106 Å². The van der Waals surface area contributed by atoms with Gasteiger partial charge in [-0.25, -0.2) is 0 Å². The van der Waals surface area contributed by atoms with Crippen LogP contribution in [0.5, 0.6) is 17.2 Å². The summed E-state index contributed by atoms with van der Waals surface area (Å²) in [6.45, 7) is 2.02. The maximum Gasteiger partial charge on any atom is 0.165 e. The van der Waals surface area contributed by atoms with Crippen LogP contribution in [0.15, 0.2) is 36.7 Å². The molecule has 0 fully saturated rings. The monoisotopic (exact) mass is 247 g/mol. The number of hydrogen-bond acceptors (Lipinski definition) is 4. The molecule has 18 heavy (non-hydrogen) atoms. The number of benzene rings is 1. The molecule has 1 aromatic heterocycles. The Morgan fingerprint density at radius 1 is 1.17 bits per heavy atom. The van der Waals surface area contributed by atoms with E-state index in [1.165, 1.54) is 0 Å². The number of nitrogens with zero attached hydrogens (tertiary/aromatic N) is 2. The summed E-state index contributed by atoms with van der Waals surface area (Å²) in [6, 6.07) is 7.43. The van der Waals surface area contributed by atoms with Crippen molar-refractivity contribution in [1.82, 2.24) is 15.1 Å². The Balaban J connectivity index is 2.06. The first-order valence-electron chi connectivity index (χ1n) is 5.76. The third kappa shape index (κ3) is 2.81. The van der Waals surface area contributed by atoms with Crippen LogP contribution in [-0.4, -0.2) is 23.9 Å². The normalized spacial score (nSPS) is 12.2. The molecule has 1 unspecified atom stereocenters. The second kappa shape index (κ2) is 5.55. The Hall–Kier alpha value is -2.01. The van der Waals surface area contributed by atoms with E-state index in [-0.39, 0.29) is 6.17 Å². The summed E-state index contributed by atoms with van der Waals surface area (Å²) in [7, 11) is 3.52. The fourth-order valence-electron chi connectivity index (χ4n) is 1.50. The molecule has 0 saturated heterocycles. The number of ether oxygens (including phenoxy) is 2. The summed E-state index contributed by atoms with van der Waals surface area (Å²) in [4.78, 5) is 0. The molecule has 0 radical (unpaired) electrons. The molecule has 96 valence electrons. The third-order valence-electron chi connectivity index (χ3n) is 2.69. The van der Waals surface area contributed by atoms with Gasteiger partial charge in [-0.2, -0.15) is 5.10 Å². The minimum Gasteiger partial charge on any atom is -0.497 e. The molecule has 2 rings (SSSR count). The zero-order chi connectivity index (χ0) is 13.0. The van der Waals surface area contributed by atoms with E-state index in [1.807, 2.05) is 44.4 Å². The van der Waals surface area contributed by atoms with Crippen LogP contribution < -0.4 is 14.8 Å². The topological polar surface area (TPSA) is 48.3 Å². The minimum absolute atomic E-state index is 0.137. The maximum absolute atomic E-state index is 5.69. The Morgan fingerprint density at radius 2 is 1.83 bits per heavy atom. The summed E-state index contributed by atoms with van der Waals surface area (Å²) >= 11 is 0. The summed E-state index contributed by atoms with van der Waals surface area (Å²) in [5.41, 5.74) is 0. The van der Waals surface area contributed by atoms with Crippen LogP contribution in [-0.2, 0) is 0 Å². The lowest BCUT2D eigenvalue weighted by Crippen LogP contribution is -2.19. The van der Waals surface area contributed by atoms with E-state index in [9.17, 15) is 0 Å². The molecule has 0 aliphatic rings. The van der Waals surface area contributed by atoms with Crippen molar-refractivity contribution < 1.29 is 9.47 Å². The maximum atomic E-state index is 5.69. The fourth-order valence-corrected chi connectivity index (χ4v) is 1.50. The summed E-state index contributed by atoms with van der Waals surface area (Å²) < 4.78 is 12.6. The number of aromatic nitrogens is 2. The zero-order valence-corrected chi connectivity index (χ0v) is 10.8. The SMILES string of the molecule is CNC(C)n1cc(Oc2ccc(OC)cc2)cn1. The highest BCUT2D eigenvalue weighted by atomic mass is 16.5. The van der Waals surface area contributed by atoms with E-state index < -0.39 is 0 Å². The van der Waals surface area contributed by atoms with E-state index in [0.29, 0.717) is 5.75 Å². The zero-order valence-electron chi connectivity index (χ0n) is 10.8. The molecule has 0 aliphatic heterocycles. The molecule has 2 aromatic rings. The molecule has 1 atom stereocenters. The summed E-state index contributed by atoms with van der Waals surface area (Å²) in [6.07, 6.45) is 3.68. The summed E-state index contributed by atoms with van der Waals surface area (Å²) in [5, 5.41) is 7.32. The second-order valence-corrected chi connectivity index (χ2v) is 3.90. The van der Waals surface area contributed by atoms with Crippen molar-refractivity contribution in [2.75, 3.05) is 14.2 Å². The highest BCUT2D eigenvalue weighted by Gasteiger charge is 2.05. The van der Waals surface area contributed by atoms with Crippen molar-refractivity contribution in [2.24, 2.45) is 0 Å². The predicted molar refractivity (Wildman–Crippen MR) is 69.1 cm³/mol. The van der Waals surface area contributed by atoms with Crippen LogP contribution >= 0.6 is 0 Å². The van der Waals surface area contributed by atoms with Crippen LogP contribution in [0, 0.1) is 0 Å². The average molecular weight is 247 g/mol. The van der Waals surface area contributed by atoms with Crippen molar-refractivity contribution in [2.45, 2.75) is 13.1 Å². The minimum atomic E-state index is 0.137. The number of nitrogens with one attached hydrogen (secondary N) is 1. The molecular weight excluding hydrogens is 230 g/mol. The first-order chi connectivity index (χ1) is 8.72. The van der Waals surface area contributed by atoms with Gasteiger partial charge in [0, 0.05) is 0 Å². The molecule has 1 N–H and O–H groups in total. The van der Waals surface area contributed by atoms with Crippen molar-refractivity contribution in [3.8, 4) is 17.2 Å². The molecule has 0 saturated carbocycles. The molecule has 0 spiro atoms. The Bertz CT molecular complexity index is 493. The molecule has 1 heterocycles. The van der Waals surface area contributed by atoms with Gasteiger partial charge in [0.2, 0.25) is 0 Å². The van der Waals surface area contributed by atoms with Gasteiger partial charge in [-0.15, -0.1) is 0 Å². The van der Waals surface area contributed by atoms with Crippen LogP contribution in [0.2, 0.25) is 0 Å².